The number of allylic oxidation sites excluding steroid dienone is 4. The second-order valence-electron chi connectivity index (χ2n) is 3.78. The van der Waals surface area contributed by atoms with Crippen LogP contribution >= 0.6 is 0 Å². The highest BCUT2D eigenvalue weighted by Crippen LogP contribution is 2.51. The topological polar surface area (TPSA) is 0 Å². The molecule has 0 aromatic carbocycles. The molecule has 2 bridgehead atoms. The van der Waals surface area contributed by atoms with Crippen molar-refractivity contribution in [3.8, 4) is 0 Å². The molecule has 0 saturated heterocycles. The fourth-order valence-electron chi connectivity index (χ4n) is 2.89. The molecule has 0 aliphatic heterocycles. The van der Waals surface area contributed by atoms with Gasteiger partial charge >= 0.3 is 0 Å². The van der Waals surface area contributed by atoms with E-state index in [1.807, 2.05) is 5.57 Å². The highest BCUT2D eigenvalue weighted by atomic mass is 14.4. The summed E-state index contributed by atoms with van der Waals surface area (Å²) < 4.78 is 0. The van der Waals surface area contributed by atoms with Crippen LogP contribution in [0.15, 0.2) is 23.3 Å². The van der Waals surface area contributed by atoms with Crippen LogP contribution in [0.4, 0.5) is 0 Å². The lowest BCUT2D eigenvalue weighted by Gasteiger charge is -2.12. The Morgan fingerprint density at radius 2 is 2.40 bits per heavy atom. The van der Waals surface area contributed by atoms with Gasteiger partial charge in [0, 0.05) is 0 Å². The SMILES string of the molecule is C1=CC2CC1=C1CCCC12. The zero-order chi connectivity index (χ0) is 6.55. The van der Waals surface area contributed by atoms with E-state index in [0.29, 0.717) is 0 Å². The van der Waals surface area contributed by atoms with Crippen LogP contribution in [-0.2, 0) is 0 Å². The standard InChI is InChI=1S/C10H12/c1-2-9-7-4-5-8(6-7)10(9)3-1/h4-5,7,9H,1-3,6H2. The third-order valence-electron chi connectivity index (χ3n) is 3.34. The summed E-state index contributed by atoms with van der Waals surface area (Å²) in [5.41, 5.74) is 3.53. The van der Waals surface area contributed by atoms with Crippen molar-refractivity contribution in [3.05, 3.63) is 23.3 Å². The molecular weight excluding hydrogens is 120 g/mol. The Morgan fingerprint density at radius 3 is 3.30 bits per heavy atom. The van der Waals surface area contributed by atoms with Crippen molar-refractivity contribution < 1.29 is 0 Å². The molecule has 3 aliphatic carbocycles. The Morgan fingerprint density at radius 1 is 1.40 bits per heavy atom. The van der Waals surface area contributed by atoms with Gasteiger partial charge < -0.3 is 0 Å². The molecule has 3 rings (SSSR count). The molecule has 2 unspecified atom stereocenters. The maximum atomic E-state index is 2.43. The summed E-state index contributed by atoms with van der Waals surface area (Å²) in [6, 6.07) is 0. The van der Waals surface area contributed by atoms with Crippen LogP contribution in [0, 0.1) is 11.8 Å². The van der Waals surface area contributed by atoms with E-state index in [9.17, 15) is 0 Å². The van der Waals surface area contributed by atoms with E-state index in [1.54, 1.807) is 5.57 Å². The lowest BCUT2D eigenvalue weighted by atomic mass is 9.92. The molecule has 2 atom stereocenters. The first-order valence-electron chi connectivity index (χ1n) is 4.35. The van der Waals surface area contributed by atoms with E-state index in [2.05, 4.69) is 12.2 Å². The molecular formula is C10H12. The van der Waals surface area contributed by atoms with Crippen LogP contribution in [0.1, 0.15) is 25.7 Å². The predicted octanol–water partition coefficient (Wildman–Crippen LogP) is 2.67. The van der Waals surface area contributed by atoms with Gasteiger partial charge in [0.1, 0.15) is 0 Å². The fraction of sp³-hybridized carbons (Fsp3) is 0.600. The molecule has 0 aromatic rings. The smallest absolute Gasteiger partial charge is 0.0124 e. The van der Waals surface area contributed by atoms with Crippen LogP contribution in [-0.4, -0.2) is 0 Å². The van der Waals surface area contributed by atoms with Crippen molar-refractivity contribution in [2.75, 3.05) is 0 Å². The molecule has 0 radical (unpaired) electrons. The van der Waals surface area contributed by atoms with Crippen molar-refractivity contribution >= 4 is 0 Å². The summed E-state index contributed by atoms with van der Waals surface area (Å²) in [6.07, 6.45) is 10.5. The minimum atomic E-state index is 0.937. The van der Waals surface area contributed by atoms with Gasteiger partial charge in [-0.15, -0.1) is 0 Å². The normalized spacial score (nSPS) is 41.6. The van der Waals surface area contributed by atoms with Crippen LogP contribution in [0.2, 0.25) is 0 Å². The van der Waals surface area contributed by atoms with Crippen molar-refractivity contribution in [3.63, 3.8) is 0 Å². The monoisotopic (exact) mass is 132 g/mol. The molecule has 0 aromatic heterocycles. The molecule has 0 nitrogen and oxygen atoms in total. The first-order valence-corrected chi connectivity index (χ1v) is 4.35. The fourth-order valence-corrected chi connectivity index (χ4v) is 2.89. The van der Waals surface area contributed by atoms with Gasteiger partial charge in [0.2, 0.25) is 0 Å². The van der Waals surface area contributed by atoms with Gasteiger partial charge in [-0.1, -0.05) is 17.7 Å². The Kier molecular flexibility index (Phi) is 0.803. The number of hydrogen-bond acceptors (Lipinski definition) is 0. The summed E-state index contributed by atoms with van der Waals surface area (Å²) in [5, 5.41) is 0. The Labute approximate surface area is 61.6 Å². The summed E-state index contributed by atoms with van der Waals surface area (Å²) in [5.74, 6) is 1.94. The summed E-state index contributed by atoms with van der Waals surface area (Å²) in [6.45, 7) is 0. The molecule has 0 spiro atoms. The minimum Gasteiger partial charge on any atom is -0.0802 e. The molecule has 0 heteroatoms. The van der Waals surface area contributed by atoms with E-state index in [-0.39, 0.29) is 0 Å². The van der Waals surface area contributed by atoms with Gasteiger partial charge in [0.15, 0.2) is 0 Å². The van der Waals surface area contributed by atoms with Gasteiger partial charge in [0.25, 0.3) is 0 Å². The maximum Gasteiger partial charge on any atom is -0.0124 e. The average molecular weight is 132 g/mol. The lowest BCUT2D eigenvalue weighted by Crippen LogP contribution is -2.03. The average Bonchev–Trinajstić information content (AvgIpc) is 2.60. The number of hydrogen-bond donors (Lipinski definition) is 0. The zero-order valence-electron chi connectivity index (χ0n) is 6.14. The number of fused-ring (bicyclic) bond motifs is 4. The molecule has 0 heterocycles. The minimum absolute atomic E-state index is 0.937. The van der Waals surface area contributed by atoms with Gasteiger partial charge in [-0.25, -0.2) is 0 Å². The van der Waals surface area contributed by atoms with Crippen LogP contribution in [0.3, 0.4) is 0 Å². The summed E-state index contributed by atoms with van der Waals surface area (Å²) in [4.78, 5) is 0. The molecule has 0 amide bonds. The van der Waals surface area contributed by atoms with Crippen LogP contribution in [0.5, 0.6) is 0 Å². The van der Waals surface area contributed by atoms with Crippen molar-refractivity contribution in [1.29, 1.82) is 0 Å². The first kappa shape index (κ1) is 5.17. The van der Waals surface area contributed by atoms with E-state index < -0.39 is 0 Å². The molecule has 1 saturated carbocycles. The third-order valence-corrected chi connectivity index (χ3v) is 3.34. The summed E-state index contributed by atoms with van der Waals surface area (Å²) >= 11 is 0. The van der Waals surface area contributed by atoms with E-state index in [4.69, 9.17) is 0 Å². The van der Waals surface area contributed by atoms with Gasteiger partial charge in [0.05, 0.1) is 0 Å². The maximum absolute atomic E-state index is 2.43. The highest BCUT2D eigenvalue weighted by Gasteiger charge is 2.37. The quantitative estimate of drug-likeness (QED) is 0.475. The molecule has 3 aliphatic rings. The van der Waals surface area contributed by atoms with E-state index >= 15 is 0 Å². The Balaban J connectivity index is 2.15. The van der Waals surface area contributed by atoms with Crippen molar-refractivity contribution in [2.24, 2.45) is 11.8 Å². The largest absolute Gasteiger partial charge is 0.0802 e. The molecule has 52 valence electrons. The van der Waals surface area contributed by atoms with Crippen LogP contribution < -0.4 is 0 Å². The second-order valence-corrected chi connectivity index (χ2v) is 3.78. The lowest BCUT2D eigenvalue weighted by molar-refractivity contribution is 0.501. The van der Waals surface area contributed by atoms with Gasteiger partial charge in [-0.2, -0.15) is 0 Å². The second kappa shape index (κ2) is 1.55. The Bertz CT molecular complexity index is 232. The first-order chi connectivity index (χ1) is 4.95. The zero-order valence-corrected chi connectivity index (χ0v) is 6.14. The molecule has 0 N–H and O–H groups in total. The molecule has 1 fully saturated rings. The van der Waals surface area contributed by atoms with E-state index in [0.717, 1.165) is 11.8 Å². The van der Waals surface area contributed by atoms with Gasteiger partial charge in [-0.3, -0.25) is 0 Å². The Hall–Kier alpha value is -0.520. The van der Waals surface area contributed by atoms with Crippen molar-refractivity contribution in [2.45, 2.75) is 25.7 Å². The van der Waals surface area contributed by atoms with Crippen molar-refractivity contribution in [1.82, 2.24) is 0 Å². The van der Waals surface area contributed by atoms with Crippen LogP contribution in [0.25, 0.3) is 0 Å². The van der Waals surface area contributed by atoms with Gasteiger partial charge in [-0.05, 0) is 43.1 Å². The summed E-state index contributed by atoms with van der Waals surface area (Å²) in [7, 11) is 0. The third kappa shape index (κ3) is 0.448. The highest BCUT2D eigenvalue weighted by molar-refractivity contribution is 5.42. The molecule has 10 heavy (non-hydrogen) atoms. The number of rotatable bonds is 0. The predicted molar refractivity (Wildman–Crippen MR) is 41.6 cm³/mol. The van der Waals surface area contributed by atoms with E-state index in [1.165, 1.54) is 25.7 Å².